The van der Waals surface area contributed by atoms with Gasteiger partial charge in [0.1, 0.15) is 23.0 Å². The highest BCUT2D eigenvalue weighted by Gasteiger charge is 2.18. The Morgan fingerprint density at radius 3 is 2.70 bits per heavy atom. The predicted molar refractivity (Wildman–Crippen MR) is 86.0 cm³/mol. The van der Waals surface area contributed by atoms with Gasteiger partial charge in [-0.3, -0.25) is 0 Å². The summed E-state index contributed by atoms with van der Waals surface area (Å²) in [6.45, 7) is 6.05. The summed E-state index contributed by atoms with van der Waals surface area (Å²) in [4.78, 5) is 4.67. The van der Waals surface area contributed by atoms with Crippen molar-refractivity contribution in [1.29, 1.82) is 0 Å². The van der Waals surface area contributed by atoms with E-state index in [1.54, 1.807) is 7.11 Å². The van der Waals surface area contributed by atoms with Crippen LogP contribution >= 0.6 is 0 Å². The Morgan fingerprint density at radius 1 is 1.26 bits per heavy atom. The van der Waals surface area contributed by atoms with E-state index in [4.69, 9.17) is 9.26 Å². The molecule has 0 saturated carbocycles. The number of nitrogens with zero attached hydrogens (tertiary/aromatic N) is 4. The minimum atomic E-state index is 0.237. The highest BCUT2D eigenvalue weighted by Crippen LogP contribution is 2.25. The number of benzene rings is 1. The molecule has 0 aliphatic rings. The van der Waals surface area contributed by atoms with Crippen LogP contribution in [-0.4, -0.2) is 27.0 Å². The van der Waals surface area contributed by atoms with Gasteiger partial charge in [0.25, 0.3) is 0 Å². The molecule has 0 atom stereocenters. The van der Waals surface area contributed by atoms with E-state index in [2.05, 4.69) is 29.1 Å². The van der Waals surface area contributed by atoms with E-state index >= 15 is 0 Å². The summed E-state index contributed by atoms with van der Waals surface area (Å²) in [5.74, 6) is 3.35. The number of aromatic nitrogens is 4. The molecule has 6 heteroatoms. The van der Waals surface area contributed by atoms with Crippen LogP contribution in [0.4, 0.5) is 0 Å². The van der Waals surface area contributed by atoms with E-state index in [-0.39, 0.29) is 5.92 Å². The minimum absolute atomic E-state index is 0.237. The third-order valence-electron chi connectivity index (χ3n) is 3.53. The first-order chi connectivity index (χ1) is 11.1. The van der Waals surface area contributed by atoms with E-state index < -0.39 is 0 Å². The molecule has 3 rings (SSSR count). The average molecular weight is 312 g/mol. The SMILES string of the molecule is COc1ccccc1-n1nc(C(C)C)nc1Cc1cc(C)no1. The fraction of sp³-hybridized carbons (Fsp3) is 0.353. The molecule has 0 saturated heterocycles. The van der Waals surface area contributed by atoms with Gasteiger partial charge in [0.05, 0.1) is 19.2 Å². The van der Waals surface area contributed by atoms with Crippen LogP contribution in [0.2, 0.25) is 0 Å². The first-order valence-corrected chi connectivity index (χ1v) is 7.60. The van der Waals surface area contributed by atoms with Crippen LogP contribution in [0, 0.1) is 6.92 Å². The molecule has 0 aliphatic heterocycles. The molecule has 0 bridgehead atoms. The van der Waals surface area contributed by atoms with E-state index in [0.29, 0.717) is 6.42 Å². The van der Waals surface area contributed by atoms with Crippen LogP contribution in [-0.2, 0) is 6.42 Å². The topological polar surface area (TPSA) is 66.0 Å². The van der Waals surface area contributed by atoms with Crippen molar-refractivity contribution in [3.05, 3.63) is 53.4 Å². The van der Waals surface area contributed by atoms with Gasteiger partial charge >= 0.3 is 0 Å². The van der Waals surface area contributed by atoms with E-state index in [1.165, 1.54) is 0 Å². The zero-order valence-electron chi connectivity index (χ0n) is 13.8. The summed E-state index contributed by atoms with van der Waals surface area (Å²) in [5, 5.41) is 8.59. The molecular formula is C17H20N4O2. The molecule has 120 valence electrons. The van der Waals surface area contributed by atoms with Crippen LogP contribution in [0.25, 0.3) is 5.69 Å². The Balaban J connectivity index is 2.07. The van der Waals surface area contributed by atoms with Crippen molar-refractivity contribution in [3.8, 4) is 11.4 Å². The molecule has 2 heterocycles. The number of ether oxygens (including phenoxy) is 1. The van der Waals surface area contributed by atoms with Gasteiger partial charge in [0, 0.05) is 12.0 Å². The van der Waals surface area contributed by atoms with Gasteiger partial charge in [0.2, 0.25) is 0 Å². The minimum Gasteiger partial charge on any atom is -0.494 e. The summed E-state index contributed by atoms with van der Waals surface area (Å²) in [7, 11) is 1.65. The fourth-order valence-corrected chi connectivity index (χ4v) is 2.37. The van der Waals surface area contributed by atoms with Crippen LogP contribution in [0.3, 0.4) is 0 Å². The number of hydrogen-bond acceptors (Lipinski definition) is 5. The molecule has 2 aromatic heterocycles. The molecule has 0 N–H and O–H groups in total. The number of para-hydroxylation sites is 2. The Hall–Kier alpha value is -2.63. The summed E-state index contributed by atoms with van der Waals surface area (Å²) in [6.07, 6.45) is 0.526. The normalized spacial score (nSPS) is 11.2. The van der Waals surface area contributed by atoms with Crippen molar-refractivity contribution in [3.63, 3.8) is 0 Å². The molecule has 0 radical (unpaired) electrons. The van der Waals surface area contributed by atoms with Gasteiger partial charge in [0.15, 0.2) is 5.82 Å². The van der Waals surface area contributed by atoms with Crippen molar-refractivity contribution < 1.29 is 9.26 Å². The van der Waals surface area contributed by atoms with Gasteiger partial charge in [-0.2, -0.15) is 5.10 Å². The molecule has 0 aliphatic carbocycles. The number of methoxy groups -OCH3 is 1. The van der Waals surface area contributed by atoms with Crippen molar-refractivity contribution in [2.45, 2.75) is 33.1 Å². The maximum Gasteiger partial charge on any atom is 0.153 e. The second-order valence-corrected chi connectivity index (χ2v) is 5.74. The van der Waals surface area contributed by atoms with Crippen molar-refractivity contribution in [2.75, 3.05) is 7.11 Å². The standard InChI is InChI=1S/C17H20N4O2/c1-11(2)17-18-16(10-13-9-12(3)20-23-13)21(19-17)14-7-5-6-8-15(14)22-4/h5-9,11H,10H2,1-4H3. The molecule has 6 nitrogen and oxygen atoms in total. The van der Waals surface area contributed by atoms with Crippen molar-refractivity contribution >= 4 is 0 Å². The fourth-order valence-electron chi connectivity index (χ4n) is 2.37. The van der Waals surface area contributed by atoms with Gasteiger partial charge < -0.3 is 9.26 Å². The molecule has 23 heavy (non-hydrogen) atoms. The van der Waals surface area contributed by atoms with Crippen LogP contribution < -0.4 is 4.74 Å². The highest BCUT2D eigenvalue weighted by molar-refractivity contribution is 5.46. The van der Waals surface area contributed by atoms with Crippen LogP contribution in [0.1, 0.15) is 42.9 Å². The third-order valence-corrected chi connectivity index (χ3v) is 3.53. The van der Waals surface area contributed by atoms with Crippen molar-refractivity contribution in [2.24, 2.45) is 0 Å². The van der Waals surface area contributed by atoms with Crippen molar-refractivity contribution in [1.82, 2.24) is 19.9 Å². The maximum absolute atomic E-state index is 5.45. The third kappa shape index (κ3) is 3.11. The lowest BCUT2D eigenvalue weighted by molar-refractivity contribution is 0.383. The molecule has 1 aromatic carbocycles. The Morgan fingerprint density at radius 2 is 2.04 bits per heavy atom. The van der Waals surface area contributed by atoms with Gasteiger partial charge in [-0.05, 0) is 19.1 Å². The largest absolute Gasteiger partial charge is 0.494 e. The first kappa shape index (κ1) is 15.3. The first-order valence-electron chi connectivity index (χ1n) is 7.60. The zero-order valence-corrected chi connectivity index (χ0v) is 13.8. The smallest absolute Gasteiger partial charge is 0.153 e. The highest BCUT2D eigenvalue weighted by atomic mass is 16.5. The molecule has 0 amide bonds. The summed E-state index contributed by atoms with van der Waals surface area (Å²) >= 11 is 0. The molecule has 0 spiro atoms. The predicted octanol–water partition coefficient (Wildman–Crippen LogP) is 3.29. The second-order valence-electron chi connectivity index (χ2n) is 5.74. The lowest BCUT2D eigenvalue weighted by Crippen LogP contribution is -2.05. The lowest BCUT2D eigenvalue weighted by atomic mass is 10.2. The number of rotatable bonds is 5. The van der Waals surface area contributed by atoms with Crippen LogP contribution in [0.5, 0.6) is 5.75 Å². The summed E-state index contributed by atoms with van der Waals surface area (Å²) in [6, 6.07) is 9.68. The number of aryl methyl sites for hydroxylation is 1. The maximum atomic E-state index is 5.45. The lowest BCUT2D eigenvalue weighted by Gasteiger charge is -2.09. The molecule has 3 aromatic rings. The zero-order chi connectivity index (χ0) is 16.4. The Kier molecular flexibility index (Phi) is 4.14. The van der Waals surface area contributed by atoms with E-state index in [9.17, 15) is 0 Å². The molecule has 0 fully saturated rings. The van der Waals surface area contributed by atoms with E-state index in [0.717, 1.165) is 34.5 Å². The second kappa shape index (κ2) is 6.24. The summed E-state index contributed by atoms with van der Waals surface area (Å²) < 4.78 is 12.6. The Bertz CT molecular complexity index is 805. The summed E-state index contributed by atoms with van der Waals surface area (Å²) in [5.41, 5.74) is 1.72. The molecule has 0 unspecified atom stereocenters. The monoisotopic (exact) mass is 312 g/mol. The molecular weight excluding hydrogens is 292 g/mol. The van der Waals surface area contributed by atoms with Gasteiger partial charge in [-0.1, -0.05) is 31.1 Å². The number of hydrogen-bond donors (Lipinski definition) is 0. The van der Waals surface area contributed by atoms with E-state index in [1.807, 2.05) is 41.9 Å². The van der Waals surface area contributed by atoms with Gasteiger partial charge in [-0.25, -0.2) is 9.67 Å². The quantitative estimate of drug-likeness (QED) is 0.723. The Labute approximate surface area is 135 Å². The van der Waals surface area contributed by atoms with Gasteiger partial charge in [-0.15, -0.1) is 0 Å². The van der Waals surface area contributed by atoms with Crippen LogP contribution in [0.15, 0.2) is 34.9 Å². The average Bonchev–Trinajstić information content (AvgIpc) is 3.14.